The lowest BCUT2D eigenvalue weighted by Gasteiger charge is -2.45. The van der Waals surface area contributed by atoms with Crippen LogP contribution in [0.5, 0.6) is 0 Å². The largest absolute Gasteiger partial charge is 0.633 e. The molecule has 10 rings (SSSR count). The number of piperazine rings is 2. The number of Topliss-reactive ketones (excluding diaryl/α,β-unsaturated/α-hetero) is 2. The van der Waals surface area contributed by atoms with Gasteiger partial charge in [-0.25, -0.2) is 9.97 Å². The number of carbonyl (C=O) groups excluding carboxylic acids is 2. The fraction of sp³-hybridized carbons (Fsp3) is 0.269. The fourth-order valence-electron chi connectivity index (χ4n) is 8.49. The number of likely N-dealkylation sites (N-methyl/N-ethyl adjacent to an activating group) is 2. The molecule has 2 aliphatic rings. The van der Waals surface area contributed by atoms with Crippen LogP contribution >= 0.6 is 0 Å². The number of quaternary nitrogens is 1. The molecule has 0 aliphatic carbocycles. The highest BCUT2D eigenvalue weighted by Gasteiger charge is 2.23. The van der Waals surface area contributed by atoms with E-state index in [-0.39, 0.29) is 29.1 Å². The maximum atomic E-state index is 13.0. The van der Waals surface area contributed by atoms with Gasteiger partial charge in [-0.3, -0.25) is 19.6 Å². The number of carbonyl (C=O) groups is 2. The van der Waals surface area contributed by atoms with Crippen molar-refractivity contribution in [3.63, 3.8) is 0 Å². The highest BCUT2D eigenvalue weighted by Crippen LogP contribution is 2.27. The Hall–Kier alpha value is -7.06. The Morgan fingerprint density at radius 3 is 1.45 bits per heavy atom. The third-order valence-corrected chi connectivity index (χ3v) is 12.5. The van der Waals surface area contributed by atoms with Crippen molar-refractivity contribution >= 4 is 44.7 Å². The number of hydroxylamine groups is 3. The first-order valence-corrected chi connectivity index (χ1v) is 22.2. The molecule has 2 aromatic carbocycles. The van der Waals surface area contributed by atoms with Gasteiger partial charge in [0.1, 0.15) is 11.6 Å². The Morgan fingerprint density at radius 2 is 1.00 bits per heavy atom. The van der Waals surface area contributed by atoms with Crippen LogP contribution in [-0.2, 0) is 26.9 Å². The second-order valence-electron chi connectivity index (χ2n) is 17.6. The molecular weight excluding hydrogens is 813 g/mol. The van der Waals surface area contributed by atoms with Gasteiger partial charge in [0.15, 0.2) is 11.6 Å². The first kappa shape index (κ1) is 43.2. The average molecular weight is 867 g/mol. The summed E-state index contributed by atoms with van der Waals surface area (Å²) in [5, 5.41) is 16.4. The number of benzene rings is 2. The summed E-state index contributed by atoms with van der Waals surface area (Å²) in [6.07, 6.45) is 15.9. The topological polar surface area (TPSA) is 128 Å². The van der Waals surface area contributed by atoms with E-state index in [0.29, 0.717) is 37.3 Å². The lowest BCUT2D eigenvalue weighted by molar-refractivity contribution is -0.861. The van der Waals surface area contributed by atoms with Crippen LogP contribution in [0.1, 0.15) is 32.1 Å². The van der Waals surface area contributed by atoms with Gasteiger partial charge < -0.3 is 33.7 Å². The molecule has 0 amide bonds. The summed E-state index contributed by atoms with van der Waals surface area (Å²) < 4.78 is 3.84. The highest BCUT2D eigenvalue weighted by molar-refractivity contribution is 5.99. The summed E-state index contributed by atoms with van der Waals surface area (Å²) in [7, 11) is 7.86. The normalized spacial score (nSPS) is 15.2. The number of hydrogen-bond acceptors (Lipinski definition) is 10. The quantitative estimate of drug-likeness (QED) is 0.0769. The Balaban J connectivity index is 0.000000164. The van der Waals surface area contributed by atoms with E-state index in [1.54, 1.807) is 31.6 Å². The third kappa shape index (κ3) is 10.3. The summed E-state index contributed by atoms with van der Waals surface area (Å²) in [5.41, 5.74) is 7.47. The lowest BCUT2D eigenvalue weighted by Crippen LogP contribution is -2.54. The molecule has 6 aromatic heterocycles. The predicted molar refractivity (Wildman–Crippen MR) is 258 cm³/mol. The molecule has 0 unspecified atom stereocenters. The molecule has 13 heteroatoms. The Bertz CT molecular complexity index is 2990. The minimum Gasteiger partial charge on any atom is -0.633 e. The highest BCUT2D eigenvalue weighted by atomic mass is 16.5. The van der Waals surface area contributed by atoms with Gasteiger partial charge in [-0.2, -0.15) is 0 Å². The van der Waals surface area contributed by atoms with Crippen LogP contribution in [0.2, 0.25) is 0 Å². The number of rotatable bonds is 10. The van der Waals surface area contributed by atoms with Gasteiger partial charge in [0.05, 0.1) is 46.1 Å². The zero-order valence-electron chi connectivity index (χ0n) is 37.5. The van der Waals surface area contributed by atoms with Crippen LogP contribution in [-0.4, -0.2) is 117 Å². The van der Waals surface area contributed by atoms with Crippen LogP contribution < -0.4 is 9.80 Å². The summed E-state index contributed by atoms with van der Waals surface area (Å²) in [4.78, 5) is 50.7. The van der Waals surface area contributed by atoms with Crippen molar-refractivity contribution in [2.75, 3.05) is 76.3 Å². The van der Waals surface area contributed by atoms with Crippen molar-refractivity contribution in [2.24, 2.45) is 14.1 Å². The van der Waals surface area contributed by atoms with E-state index in [1.165, 1.54) is 5.56 Å². The van der Waals surface area contributed by atoms with Gasteiger partial charge in [0.25, 0.3) is 0 Å². The van der Waals surface area contributed by atoms with Crippen LogP contribution in [0.4, 0.5) is 11.6 Å². The maximum Gasteiger partial charge on any atom is 0.169 e. The molecule has 65 heavy (non-hydrogen) atoms. The van der Waals surface area contributed by atoms with E-state index < -0.39 is 0 Å². The van der Waals surface area contributed by atoms with Gasteiger partial charge in [0.2, 0.25) is 0 Å². The monoisotopic (exact) mass is 866 g/mol. The second kappa shape index (κ2) is 18.6. The van der Waals surface area contributed by atoms with Crippen LogP contribution in [0.15, 0.2) is 135 Å². The molecular formula is C52H54N10O3. The molecule has 8 aromatic rings. The van der Waals surface area contributed by atoms with Crippen molar-refractivity contribution in [3.05, 3.63) is 162 Å². The smallest absolute Gasteiger partial charge is 0.169 e. The van der Waals surface area contributed by atoms with Crippen molar-refractivity contribution in [2.45, 2.75) is 12.8 Å². The van der Waals surface area contributed by atoms with Crippen LogP contribution in [0.25, 0.3) is 43.8 Å². The SMILES string of the molecule is CN1CCN(c2cc(C(=O)Cc3cc4cc(-c5ccn(C)c5)ccc4cn3)ccn2)CC1.Cn1ccc(-c2ccc3cnc(CC(=O)c4ccnc(N5CC[N+](C)([O-])CC5)c4)cc3c2)c1. The van der Waals surface area contributed by atoms with Crippen molar-refractivity contribution in [1.29, 1.82) is 0 Å². The second-order valence-corrected chi connectivity index (χ2v) is 17.6. The number of ketones is 2. The minimum atomic E-state index is -0.227. The van der Waals surface area contributed by atoms with Gasteiger partial charge >= 0.3 is 0 Å². The summed E-state index contributed by atoms with van der Waals surface area (Å²) in [6.45, 7) is 6.19. The lowest BCUT2D eigenvalue weighted by atomic mass is 10.0. The molecule has 0 atom stereocenters. The molecule has 8 heterocycles. The Morgan fingerprint density at radius 1 is 0.538 bits per heavy atom. The fourth-order valence-corrected chi connectivity index (χ4v) is 8.49. The number of anilines is 2. The molecule has 0 N–H and O–H groups in total. The van der Waals surface area contributed by atoms with E-state index >= 15 is 0 Å². The number of hydrogen-bond donors (Lipinski definition) is 0. The summed E-state index contributed by atoms with van der Waals surface area (Å²) in [5.74, 6) is 1.70. The molecule has 2 saturated heterocycles. The molecule has 0 bridgehead atoms. The van der Waals surface area contributed by atoms with Gasteiger partial charge in [-0.1, -0.05) is 24.3 Å². The van der Waals surface area contributed by atoms with Crippen molar-refractivity contribution in [3.8, 4) is 22.3 Å². The van der Waals surface area contributed by atoms with E-state index in [4.69, 9.17) is 0 Å². The number of pyridine rings is 4. The molecule has 0 radical (unpaired) electrons. The number of aromatic nitrogens is 6. The maximum absolute atomic E-state index is 13.0. The molecule has 2 aliphatic heterocycles. The zero-order chi connectivity index (χ0) is 45.1. The standard InChI is InChI=1S/C26H27N5O2.C26H27N5O/c1-29-8-6-22(18-29)19-3-4-21-17-28-24(14-23(21)13-19)16-25(32)20-5-7-27-26(15-20)30-9-11-31(2,33)12-10-30;1-29-9-11-31(12-10-29)26-15-20(5-7-27-26)25(32)16-24-14-23-13-19(3-4-21(23)17-28-24)22-6-8-30(2)18-22/h3-8,13-15,17-18H,9-12,16H2,1-2H3;3-8,13-15,17-18H,9-12,16H2,1-2H3. The number of nitrogens with zero attached hydrogens (tertiary/aromatic N) is 10. The molecule has 0 saturated carbocycles. The molecule has 330 valence electrons. The first-order chi connectivity index (χ1) is 31.4. The third-order valence-electron chi connectivity index (χ3n) is 12.5. The number of fused-ring (bicyclic) bond motifs is 2. The van der Waals surface area contributed by atoms with Crippen molar-refractivity contribution < 1.29 is 14.2 Å². The Labute approximate surface area is 379 Å². The van der Waals surface area contributed by atoms with Crippen LogP contribution in [0.3, 0.4) is 0 Å². The number of aryl methyl sites for hydroxylation is 2. The van der Waals surface area contributed by atoms with Gasteiger partial charge in [0, 0.05) is 123 Å². The first-order valence-electron chi connectivity index (χ1n) is 22.2. The average Bonchev–Trinajstić information content (AvgIpc) is 3.97. The molecule has 13 nitrogen and oxygen atoms in total. The zero-order valence-corrected chi connectivity index (χ0v) is 37.5. The van der Waals surface area contributed by atoms with E-state index in [0.717, 1.165) is 87.4 Å². The van der Waals surface area contributed by atoms with Crippen LogP contribution in [0, 0.1) is 5.21 Å². The van der Waals surface area contributed by atoms with Gasteiger partial charge in [-0.05, 0) is 101 Å². The summed E-state index contributed by atoms with van der Waals surface area (Å²) >= 11 is 0. The van der Waals surface area contributed by atoms with E-state index in [9.17, 15) is 14.8 Å². The van der Waals surface area contributed by atoms with Gasteiger partial charge in [-0.15, -0.1) is 0 Å². The van der Waals surface area contributed by atoms with Crippen molar-refractivity contribution in [1.82, 2.24) is 34.0 Å². The summed E-state index contributed by atoms with van der Waals surface area (Å²) in [6, 6.07) is 28.2. The molecule has 0 spiro atoms. The minimum absolute atomic E-state index is 0.00571. The predicted octanol–water partition coefficient (Wildman–Crippen LogP) is 7.64. The van der Waals surface area contributed by atoms with E-state index in [1.807, 2.05) is 72.3 Å². The Kier molecular flexibility index (Phi) is 12.3. The van der Waals surface area contributed by atoms with E-state index in [2.05, 4.69) is 103 Å². The molecule has 2 fully saturated rings.